The fourth-order valence-electron chi connectivity index (χ4n) is 2.56. The SMILES string of the molecule is CC=CCC=C=CC(=CC)c1ccc(CCCC(=O)C2CC2)c(=O)o1. The van der Waals surface area contributed by atoms with Gasteiger partial charge in [0.1, 0.15) is 11.5 Å². The van der Waals surface area contributed by atoms with Crippen LogP contribution >= 0.6 is 0 Å². The fraction of sp³-hybridized carbons (Fsp3) is 0.409. The molecule has 25 heavy (non-hydrogen) atoms. The Morgan fingerprint density at radius 2 is 2.12 bits per heavy atom. The second-order valence-electron chi connectivity index (χ2n) is 6.27. The highest BCUT2D eigenvalue weighted by molar-refractivity contribution is 5.83. The molecule has 0 saturated heterocycles. The van der Waals surface area contributed by atoms with Crippen LogP contribution < -0.4 is 5.63 Å². The molecule has 132 valence electrons. The van der Waals surface area contributed by atoms with Crippen molar-refractivity contribution in [3.05, 3.63) is 70.0 Å². The topological polar surface area (TPSA) is 47.3 Å². The molecule has 1 saturated carbocycles. The highest BCUT2D eigenvalue weighted by Gasteiger charge is 2.28. The van der Waals surface area contributed by atoms with Gasteiger partial charge in [-0.1, -0.05) is 18.2 Å². The van der Waals surface area contributed by atoms with Gasteiger partial charge in [-0.05, 0) is 70.2 Å². The molecule has 0 bridgehead atoms. The van der Waals surface area contributed by atoms with Crippen molar-refractivity contribution in [2.24, 2.45) is 5.92 Å². The average Bonchev–Trinajstić information content (AvgIpc) is 3.44. The second-order valence-corrected chi connectivity index (χ2v) is 6.27. The number of hydrogen-bond acceptors (Lipinski definition) is 3. The molecule has 1 aromatic heterocycles. The number of ketones is 1. The minimum Gasteiger partial charge on any atom is -0.423 e. The molecule has 1 aliphatic rings. The van der Waals surface area contributed by atoms with Gasteiger partial charge in [0.05, 0.1) is 0 Å². The lowest BCUT2D eigenvalue weighted by Gasteiger charge is -2.03. The third-order valence-electron chi connectivity index (χ3n) is 4.24. The Bertz CT molecular complexity index is 767. The number of hydrogen-bond donors (Lipinski definition) is 0. The fourth-order valence-corrected chi connectivity index (χ4v) is 2.56. The van der Waals surface area contributed by atoms with Gasteiger partial charge in [0.25, 0.3) is 0 Å². The molecule has 3 heteroatoms. The molecule has 1 aliphatic carbocycles. The zero-order valence-electron chi connectivity index (χ0n) is 15.1. The molecule has 0 N–H and O–H groups in total. The lowest BCUT2D eigenvalue weighted by atomic mass is 10.1. The number of allylic oxidation sites excluding steroid dienone is 5. The van der Waals surface area contributed by atoms with Crippen molar-refractivity contribution in [3.8, 4) is 0 Å². The lowest BCUT2D eigenvalue weighted by Crippen LogP contribution is -2.09. The summed E-state index contributed by atoms with van der Waals surface area (Å²) >= 11 is 0. The van der Waals surface area contributed by atoms with E-state index in [-0.39, 0.29) is 5.63 Å². The van der Waals surface area contributed by atoms with Crippen LogP contribution in [0.3, 0.4) is 0 Å². The van der Waals surface area contributed by atoms with E-state index in [2.05, 4.69) is 5.73 Å². The molecule has 3 nitrogen and oxygen atoms in total. The van der Waals surface area contributed by atoms with Crippen LogP contribution in [0.5, 0.6) is 0 Å². The van der Waals surface area contributed by atoms with E-state index in [0.29, 0.717) is 42.3 Å². The highest BCUT2D eigenvalue weighted by Crippen LogP contribution is 2.31. The van der Waals surface area contributed by atoms with Crippen molar-refractivity contribution in [2.75, 3.05) is 0 Å². The molecule has 0 aliphatic heterocycles. The summed E-state index contributed by atoms with van der Waals surface area (Å²) in [6, 6.07) is 3.63. The normalized spacial score (nSPS) is 14.4. The molecule has 2 rings (SSSR count). The van der Waals surface area contributed by atoms with E-state index >= 15 is 0 Å². The van der Waals surface area contributed by atoms with Crippen LogP contribution in [0, 0.1) is 5.92 Å². The standard InChI is InChI=1S/C22H26O3/c1-3-5-6-7-8-10-17(4-2)21-16-15-19(22(24)25-21)11-9-12-20(23)18-13-14-18/h3-5,7,10,15-16,18H,6,9,11-14H2,1-2H3. The van der Waals surface area contributed by atoms with E-state index in [1.165, 1.54) is 0 Å². The molecular formula is C22H26O3. The molecule has 0 spiro atoms. The highest BCUT2D eigenvalue weighted by atomic mass is 16.4. The van der Waals surface area contributed by atoms with Crippen LogP contribution in [-0.4, -0.2) is 5.78 Å². The molecule has 0 unspecified atom stereocenters. The van der Waals surface area contributed by atoms with Crippen LogP contribution in [0.4, 0.5) is 0 Å². The number of aryl methyl sites for hydroxylation is 1. The Balaban J connectivity index is 1.97. The zero-order valence-corrected chi connectivity index (χ0v) is 15.1. The quantitative estimate of drug-likeness (QED) is 0.361. The Kier molecular flexibility index (Phi) is 7.43. The average molecular weight is 338 g/mol. The van der Waals surface area contributed by atoms with Gasteiger partial charge < -0.3 is 4.42 Å². The van der Waals surface area contributed by atoms with Crippen molar-refractivity contribution >= 4 is 11.4 Å². The molecular weight excluding hydrogens is 312 g/mol. The van der Waals surface area contributed by atoms with Gasteiger partial charge in [-0.15, -0.1) is 5.73 Å². The summed E-state index contributed by atoms with van der Waals surface area (Å²) in [6.45, 7) is 3.88. The van der Waals surface area contributed by atoms with Crippen molar-refractivity contribution in [2.45, 2.75) is 52.4 Å². The van der Waals surface area contributed by atoms with Crippen LogP contribution in [0.15, 0.2) is 57.5 Å². The zero-order chi connectivity index (χ0) is 18.1. The maximum absolute atomic E-state index is 12.2. The maximum atomic E-state index is 12.2. The summed E-state index contributed by atoms with van der Waals surface area (Å²) in [5, 5.41) is 0. The third-order valence-corrected chi connectivity index (χ3v) is 4.24. The summed E-state index contributed by atoms with van der Waals surface area (Å²) in [4.78, 5) is 23.9. The van der Waals surface area contributed by atoms with Gasteiger partial charge in [0, 0.05) is 23.5 Å². The number of carbonyl (C=O) groups excluding carboxylic acids is 1. The largest absolute Gasteiger partial charge is 0.423 e. The summed E-state index contributed by atoms with van der Waals surface area (Å²) < 4.78 is 5.45. The minimum absolute atomic E-state index is 0.295. The summed E-state index contributed by atoms with van der Waals surface area (Å²) in [5.74, 6) is 1.17. The molecule has 0 aromatic carbocycles. The molecule has 0 amide bonds. The summed E-state index contributed by atoms with van der Waals surface area (Å²) in [7, 11) is 0. The van der Waals surface area contributed by atoms with E-state index in [9.17, 15) is 9.59 Å². The van der Waals surface area contributed by atoms with Gasteiger partial charge in [0.15, 0.2) is 0 Å². The predicted molar refractivity (Wildman–Crippen MR) is 101 cm³/mol. The van der Waals surface area contributed by atoms with E-state index in [1.807, 2.05) is 56.4 Å². The van der Waals surface area contributed by atoms with Gasteiger partial charge in [-0.2, -0.15) is 0 Å². The maximum Gasteiger partial charge on any atom is 0.339 e. The van der Waals surface area contributed by atoms with Gasteiger partial charge >= 0.3 is 5.63 Å². The number of carbonyl (C=O) groups is 1. The van der Waals surface area contributed by atoms with Gasteiger partial charge in [-0.3, -0.25) is 4.79 Å². The Morgan fingerprint density at radius 3 is 2.76 bits per heavy atom. The first kappa shape index (κ1) is 19.0. The van der Waals surface area contributed by atoms with Gasteiger partial charge in [0.2, 0.25) is 0 Å². The molecule has 1 fully saturated rings. The van der Waals surface area contributed by atoms with Crippen molar-refractivity contribution in [1.82, 2.24) is 0 Å². The first-order valence-corrected chi connectivity index (χ1v) is 9.00. The molecule has 0 radical (unpaired) electrons. The summed E-state index contributed by atoms with van der Waals surface area (Å²) in [6.07, 6.45) is 14.4. The van der Waals surface area contributed by atoms with Crippen molar-refractivity contribution in [3.63, 3.8) is 0 Å². The first-order chi connectivity index (χ1) is 12.2. The molecule has 1 heterocycles. The van der Waals surface area contributed by atoms with Crippen LogP contribution in [0.2, 0.25) is 0 Å². The Labute approximate surface area is 149 Å². The predicted octanol–water partition coefficient (Wildman–Crippen LogP) is 5.02. The first-order valence-electron chi connectivity index (χ1n) is 9.00. The Hall–Kier alpha value is -2.38. The summed E-state index contributed by atoms with van der Waals surface area (Å²) in [5.41, 5.74) is 4.24. The Morgan fingerprint density at radius 1 is 1.32 bits per heavy atom. The third kappa shape index (κ3) is 6.21. The van der Waals surface area contributed by atoms with Crippen LogP contribution in [0.1, 0.15) is 57.3 Å². The number of Topliss-reactive ketones (excluding diaryl/α,β-unsaturated/α-hetero) is 1. The molecule has 0 atom stereocenters. The second kappa shape index (κ2) is 9.80. The number of rotatable bonds is 9. The lowest BCUT2D eigenvalue weighted by molar-refractivity contribution is -0.120. The van der Waals surface area contributed by atoms with E-state index < -0.39 is 0 Å². The van der Waals surface area contributed by atoms with Crippen molar-refractivity contribution in [1.29, 1.82) is 0 Å². The van der Waals surface area contributed by atoms with E-state index in [1.54, 1.807) is 0 Å². The molecule has 1 aromatic rings. The van der Waals surface area contributed by atoms with E-state index in [4.69, 9.17) is 4.42 Å². The minimum atomic E-state index is -0.318. The van der Waals surface area contributed by atoms with Crippen LogP contribution in [-0.2, 0) is 11.2 Å². The monoisotopic (exact) mass is 338 g/mol. The van der Waals surface area contributed by atoms with Crippen molar-refractivity contribution < 1.29 is 9.21 Å². The van der Waals surface area contributed by atoms with Crippen LogP contribution in [0.25, 0.3) is 5.57 Å². The van der Waals surface area contributed by atoms with Gasteiger partial charge in [-0.25, -0.2) is 4.79 Å². The van der Waals surface area contributed by atoms with E-state index in [0.717, 1.165) is 24.8 Å². The smallest absolute Gasteiger partial charge is 0.339 e.